The smallest absolute Gasteiger partial charge is 0.417 e. The van der Waals surface area contributed by atoms with Crippen molar-refractivity contribution in [3.63, 3.8) is 0 Å². The van der Waals surface area contributed by atoms with Gasteiger partial charge in [-0.25, -0.2) is 4.79 Å². The molecule has 1 aliphatic heterocycles. The molecule has 5 nitrogen and oxygen atoms in total. The van der Waals surface area contributed by atoms with Gasteiger partial charge in [0.25, 0.3) is 0 Å². The molecule has 1 saturated heterocycles. The van der Waals surface area contributed by atoms with Gasteiger partial charge in [-0.2, -0.15) is 13.2 Å². The lowest BCUT2D eigenvalue weighted by Gasteiger charge is -2.30. The zero-order valence-corrected chi connectivity index (χ0v) is 13.0. The highest BCUT2D eigenvalue weighted by Gasteiger charge is 2.33. The fraction of sp³-hybridized carbons (Fsp3) is 0.333. The summed E-state index contributed by atoms with van der Waals surface area (Å²) < 4.78 is 43.3. The Kier molecular flexibility index (Phi) is 5.51. The van der Waals surface area contributed by atoms with E-state index >= 15 is 0 Å². The molecule has 24 heavy (non-hydrogen) atoms. The molecule has 1 unspecified atom stereocenters. The number of morpholine rings is 1. The van der Waals surface area contributed by atoms with Gasteiger partial charge in [0.05, 0.1) is 23.7 Å². The third-order valence-electron chi connectivity index (χ3n) is 3.37. The van der Waals surface area contributed by atoms with Crippen LogP contribution in [0.2, 0.25) is 5.02 Å². The Morgan fingerprint density at radius 3 is 2.71 bits per heavy atom. The van der Waals surface area contributed by atoms with Crippen LogP contribution in [0, 0.1) is 0 Å². The second-order valence-electron chi connectivity index (χ2n) is 5.05. The summed E-state index contributed by atoms with van der Waals surface area (Å²) in [6.07, 6.45) is -3.39. The van der Waals surface area contributed by atoms with E-state index in [0.29, 0.717) is 0 Å². The van der Waals surface area contributed by atoms with Crippen molar-refractivity contribution < 1.29 is 32.6 Å². The number of hydrogen-bond acceptors (Lipinski definition) is 3. The SMILES string of the molecule is O=C(O)C1CN(C(=O)C=Cc2ccc(Cl)c(C(F)(F)F)c2)CCO1. The van der Waals surface area contributed by atoms with Gasteiger partial charge >= 0.3 is 12.1 Å². The molecule has 1 fully saturated rings. The van der Waals surface area contributed by atoms with Crippen LogP contribution >= 0.6 is 11.6 Å². The lowest BCUT2D eigenvalue weighted by Crippen LogP contribution is -2.48. The average Bonchev–Trinajstić information content (AvgIpc) is 2.52. The normalized spacial score (nSPS) is 18.8. The van der Waals surface area contributed by atoms with Gasteiger partial charge in [-0.3, -0.25) is 4.79 Å². The van der Waals surface area contributed by atoms with E-state index in [1.807, 2.05) is 0 Å². The topological polar surface area (TPSA) is 66.8 Å². The van der Waals surface area contributed by atoms with E-state index in [9.17, 15) is 22.8 Å². The summed E-state index contributed by atoms with van der Waals surface area (Å²) in [4.78, 5) is 24.2. The molecule has 0 saturated carbocycles. The molecule has 1 aliphatic rings. The monoisotopic (exact) mass is 363 g/mol. The summed E-state index contributed by atoms with van der Waals surface area (Å²) in [7, 11) is 0. The maximum absolute atomic E-state index is 12.8. The molecule has 1 aromatic carbocycles. The minimum atomic E-state index is -4.59. The molecular weight excluding hydrogens is 351 g/mol. The molecule has 2 rings (SSSR count). The van der Waals surface area contributed by atoms with E-state index < -0.39 is 34.7 Å². The highest BCUT2D eigenvalue weighted by Crippen LogP contribution is 2.35. The van der Waals surface area contributed by atoms with Crippen molar-refractivity contribution in [1.82, 2.24) is 4.90 Å². The number of alkyl halides is 3. The number of carboxylic acids is 1. The predicted octanol–water partition coefficient (Wildman–Crippen LogP) is 2.68. The summed E-state index contributed by atoms with van der Waals surface area (Å²) in [5.41, 5.74) is -0.834. The first-order chi connectivity index (χ1) is 11.2. The van der Waals surface area contributed by atoms with Crippen molar-refractivity contribution in [3.05, 3.63) is 40.4 Å². The number of nitrogens with zero attached hydrogens (tertiary/aromatic N) is 1. The first-order valence-corrected chi connectivity index (χ1v) is 7.24. The van der Waals surface area contributed by atoms with Crippen LogP contribution in [-0.4, -0.2) is 47.7 Å². The molecule has 130 valence electrons. The Bertz CT molecular complexity index is 675. The largest absolute Gasteiger partial charge is 0.479 e. The zero-order chi connectivity index (χ0) is 17.9. The molecular formula is C15H13ClF3NO4. The zero-order valence-electron chi connectivity index (χ0n) is 12.2. The minimum absolute atomic E-state index is 0.0791. The summed E-state index contributed by atoms with van der Waals surface area (Å²) >= 11 is 5.52. The predicted molar refractivity (Wildman–Crippen MR) is 79.4 cm³/mol. The van der Waals surface area contributed by atoms with Gasteiger partial charge in [0.15, 0.2) is 6.10 Å². The van der Waals surface area contributed by atoms with Crippen molar-refractivity contribution in [2.24, 2.45) is 0 Å². The van der Waals surface area contributed by atoms with E-state index in [0.717, 1.165) is 18.2 Å². The molecule has 1 atom stereocenters. The molecule has 0 spiro atoms. The standard InChI is InChI=1S/C15H13ClF3NO4/c16-11-3-1-9(7-10(11)15(17,18)19)2-4-13(21)20-5-6-24-12(8-20)14(22)23/h1-4,7,12H,5-6,8H2,(H,22,23). The van der Waals surface area contributed by atoms with E-state index in [-0.39, 0.29) is 25.3 Å². The number of carbonyl (C=O) groups excluding carboxylic acids is 1. The van der Waals surface area contributed by atoms with Crippen LogP contribution in [0.1, 0.15) is 11.1 Å². The Balaban J connectivity index is 2.10. The summed E-state index contributed by atoms with van der Waals surface area (Å²) in [6.45, 7) is 0.171. The number of carboxylic acid groups (broad SMARTS) is 1. The second kappa shape index (κ2) is 7.23. The highest BCUT2D eigenvalue weighted by atomic mass is 35.5. The molecule has 0 bridgehead atoms. The summed E-state index contributed by atoms with van der Waals surface area (Å²) in [5, 5.41) is 8.45. The number of rotatable bonds is 3. The maximum atomic E-state index is 12.8. The minimum Gasteiger partial charge on any atom is -0.479 e. The third kappa shape index (κ3) is 4.48. The van der Waals surface area contributed by atoms with Crippen LogP contribution in [0.5, 0.6) is 0 Å². The molecule has 0 aromatic heterocycles. The average molecular weight is 364 g/mol. The Morgan fingerprint density at radius 1 is 1.38 bits per heavy atom. The van der Waals surface area contributed by atoms with Gasteiger partial charge < -0.3 is 14.7 Å². The van der Waals surface area contributed by atoms with Gasteiger partial charge in [0, 0.05) is 12.6 Å². The molecule has 1 aromatic rings. The van der Waals surface area contributed by atoms with Gasteiger partial charge in [-0.05, 0) is 23.8 Å². The number of halogens is 4. The van der Waals surface area contributed by atoms with Crippen LogP contribution in [0.15, 0.2) is 24.3 Å². The molecule has 1 heterocycles. The van der Waals surface area contributed by atoms with Crippen molar-refractivity contribution >= 4 is 29.6 Å². The fourth-order valence-electron chi connectivity index (χ4n) is 2.14. The Hall–Kier alpha value is -2.06. The van der Waals surface area contributed by atoms with Crippen molar-refractivity contribution in [1.29, 1.82) is 0 Å². The van der Waals surface area contributed by atoms with Crippen molar-refractivity contribution in [2.75, 3.05) is 19.7 Å². The van der Waals surface area contributed by atoms with Crippen LogP contribution in [0.4, 0.5) is 13.2 Å². The molecule has 1 amide bonds. The highest BCUT2D eigenvalue weighted by molar-refractivity contribution is 6.31. The Morgan fingerprint density at radius 2 is 2.08 bits per heavy atom. The fourth-order valence-corrected chi connectivity index (χ4v) is 2.36. The van der Waals surface area contributed by atoms with Crippen molar-refractivity contribution in [3.8, 4) is 0 Å². The molecule has 0 aliphatic carbocycles. The van der Waals surface area contributed by atoms with Crippen LogP contribution in [-0.2, 0) is 20.5 Å². The number of hydrogen-bond donors (Lipinski definition) is 1. The Labute approximate surface area is 140 Å². The number of benzene rings is 1. The van der Waals surface area contributed by atoms with Crippen LogP contribution < -0.4 is 0 Å². The summed E-state index contributed by atoms with van der Waals surface area (Å²) in [6, 6.07) is 3.29. The number of carbonyl (C=O) groups is 2. The van der Waals surface area contributed by atoms with E-state index in [1.54, 1.807) is 0 Å². The molecule has 1 N–H and O–H groups in total. The van der Waals surface area contributed by atoms with E-state index in [2.05, 4.69) is 0 Å². The second-order valence-corrected chi connectivity index (χ2v) is 5.46. The van der Waals surface area contributed by atoms with Gasteiger partial charge in [-0.15, -0.1) is 0 Å². The molecule has 9 heteroatoms. The van der Waals surface area contributed by atoms with Crippen LogP contribution in [0.25, 0.3) is 6.08 Å². The third-order valence-corrected chi connectivity index (χ3v) is 3.70. The van der Waals surface area contributed by atoms with Gasteiger partial charge in [0.2, 0.25) is 5.91 Å². The number of amides is 1. The van der Waals surface area contributed by atoms with Gasteiger partial charge in [0.1, 0.15) is 0 Å². The first-order valence-electron chi connectivity index (χ1n) is 6.86. The molecule has 0 radical (unpaired) electrons. The van der Waals surface area contributed by atoms with Crippen LogP contribution in [0.3, 0.4) is 0 Å². The van der Waals surface area contributed by atoms with Crippen molar-refractivity contribution in [2.45, 2.75) is 12.3 Å². The van der Waals surface area contributed by atoms with E-state index in [4.69, 9.17) is 21.4 Å². The quantitative estimate of drug-likeness (QED) is 0.838. The maximum Gasteiger partial charge on any atom is 0.417 e. The van der Waals surface area contributed by atoms with E-state index in [1.165, 1.54) is 17.0 Å². The number of aliphatic carboxylic acids is 1. The number of ether oxygens (including phenoxy) is 1. The first kappa shape index (κ1) is 18.3. The van der Waals surface area contributed by atoms with Gasteiger partial charge in [-0.1, -0.05) is 17.7 Å². The summed E-state index contributed by atoms with van der Waals surface area (Å²) in [5.74, 6) is -1.68. The lowest BCUT2D eigenvalue weighted by atomic mass is 10.1. The lowest BCUT2D eigenvalue weighted by molar-refractivity contribution is -0.158.